The van der Waals surface area contributed by atoms with E-state index in [1.54, 1.807) is 0 Å². The van der Waals surface area contributed by atoms with E-state index in [1.165, 1.54) is 25.7 Å². The molecule has 4 unspecified atom stereocenters. The van der Waals surface area contributed by atoms with Gasteiger partial charge in [0.25, 0.3) is 0 Å². The van der Waals surface area contributed by atoms with Gasteiger partial charge in [0, 0.05) is 51.7 Å². The number of nitrogens with one attached hydrogen (secondary N) is 7. The quantitative estimate of drug-likeness (QED) is 0.0221. The summed E-state index contributed by atoms with van der Waals surface area (Å²) < 4.78 is 21.1. The highest BCUT2D eigenvalue weighted by Gasteiger charge is 2.25. The number of ether oxygens (including phenoxy) is 4. The van der Waals surface area contributed by atoms with Crippen molar-refractivity contribution < 1.29 is 92.1 Å². The zero-order valence-corrected chi connectivity index (χ0v) is 45.8. The summed E-state index contributed by atoms with van der Waals surface area (Å²) in [6.45, 7) is 0.250. The number of nitrogens with two attached hydrogens (primary N) is 2. The molecule has 0 aromatic carbocycles. The highest BCUT2D eigenvalue weighted by molar-refractivity contribution is 5.87. The third-order valence-corrected chi connectivity index (χ3v) is 12.1. The van der Waals surface area contributed by atoms with E-state index in [9.17, 15) is 68.1 Å². The lowest BCUT2D eigenvalue weighted by Gasteiger charge is -2.17. The van der Waals surface area contributed by atoms with Crippen LogP contribution in [0.2, 0.25) is 0 Å². The number of carbonyl (C=O) groups excluding carboxylic acids is 7. The topological polar surface area (TPSA) is 442 Å². The Morgan fingerprint density at radius 1 is 0.342 bits per heavy atom. The first-order chi connectivity index (χ1) is 37.9. The lowest BCUT2D eigenvalue weighted by Crippen LogP contribution is -2.45. The van der Waals surface area contributed by atoms with Gasteiger partial charge < -0.3 is 77.0 Å². The monoisotopic (exact) mass is 1130 g/mol. The predicted octanol–water partition coefficient (Wildman–Crippen LogP) is 0.264. The van der Waals surface area contributed by atoms with Crippen molar-refractivity contribution in [2.45, 2.75) is 185 Å². The molecule has 0 saturated heterocycles. The van der Waals surface area contributed by atoms with Crippen molar-refractivity contribution in [2.24, 2.45) is 11.6 Å². The van der Waals surface area contributed by atoms with Crippen LogP contribution in [-0.2, 0) is 71.7 Å². The Kier molecular flexibility index (Phi) is 45.2. The van der Waals surface area contributed by atoms with Crippen molar-refractivity contribution in [3.8, 4) is 0 Å². The SMILES string of the molecule is NNC(CCCCNC(=O)CCC(NC(=O)COCCOCCNC(=O)COCCOCCNC(=O)CCC(NC(=O)CCC(NC(=O)CCCCCCCCCCCCCCCCC(=O)O)C(=O)O)C(=O)O)C(=O)O)C(N)=O. The van der Waals surface area contributed by atoms with Crippen LogP contribution in [0, 0.1) is 0 Å². The number of rotatable bonds is 55. The Hall–Kier alpha value is -6.07. The highest BCUT2D eigenvalue weighted by atomic mass is 16.5. The molecule has 0 heterocycles. The summed E-state index contributed by atoms with van der Waals surface area (Å²) in [6.07, 6.45) is 14.8. The largest absolute Gasteiger partial charge is 0.481 e. The molecule has 0 aromatic rings. The lowest BCUT2D eigenvalue weighted by molar-refractivity contribution is -0.143. The maximum absolute atomic E-state index is 12.5. The van der Waals surface area contributed by atoms with Crippen LogP contribution in [0.4, 0.5) is 0 Å². The van der Waals surface area contributed by atoms with Crippen molar-refractivity contribution in [3.05, 3.63) is 0 Å². The fraction of sp³-hybridized carbons (Fsp3) is 0.784. The van der Waals surface area contributed by atoms with Gasteiger partial charge in [0.15, 0.2) is 0 Å². The lowest BCUT2D eigenvalue weighted by atomic mass is 10.0. The number of hydrogen-bond donors (Lipinski definition) is 13. The molecular weight excluding hydrogens is 1040 g/mol. The molecule has 7 amide bonds. The second-order valence-corrected chi connectivity index (χ2v) is 18.8. The van der Waals surface area contributed by atoms with E-state index in [-0.39, 0.29) is 111 Å². The van der Waals surface area contributed by atoms with Gasteiger partial charge in [-0.05, 0) is 51.4 Å². The zero-order chi connectivity index (χ0) is 58.9. The second-order valence-electron chi connectivity index (χ2n) is 18.8. The van der Waals surface area contributed by atoms with Crippen molar-refractivity contribution >= 4 is 65.2 Å². The first-order valence-electron chi connectivity index (χ1n) is 27.5. The van der Waals surface area contributed by atoms with E-state index in [1.807, 2.05) is 0 Å². The number of carboxylic acids is 4. The smallest absolute Gasteiger partial charge is 0.326 e. The summed E-state index contributed by atoms with van der Waals surface area (Å²) in [5.74, 6) is -3.33. The van der Waals surface area contributed by atoms with Crippen LogP contribution in [0.5, 0.6) is 0 Å². The number of carbonyl (C=O) groups is 11. The molecule has 0 radical (unpaired) electrons. The van der Waals surface area contributed by atoms with E-state index in [0.717, 1.165) is 57.8 Å². The van der Waals surface area contributed by atoms with Crippen LogP contribution in [0.15, 0.2) is 0 Å². The van der Waals surface area contributed by atoms with Gasteiger partial charge in [-0.2, -0.15) is 0 Å². The van der Waals surface area contributed by atoms with Crippen LogP contribution in [0.3, 0.4) is 0 Å². The third kappa shape index (κ3) is 45.5. The summed E-state index contributed by atoms with van der Waals surface area (Å²) >= 11 is 0. The van der Waals surface area contributed by atoms with Crippen molar-refractivity contribution in [1.29, 1.82) is 0 Å². The summed E-state index contributed by atoms with van der Waals surface area (Å²) in [5.41, 5.74) is 7.49. The van der Waals surface area contributed by atoms with Gasteiger partial charge in [-0.1, -0.05) is 77.0 Å². The van der Waals surface area contributed by atoms with Gasteiger partial charge in [0.1, 0.15) is 31.3 Å². The Bertz CT molecular complexity index is 1800. The number of primary amides is 1. The molecular formula is C51H91N9O19. The summed E-state index contributed by atoms with van der Waals surface area (Å²) in [4.78, 5) is 130. The normalized spacial score (nSPS) is 12.5. The van der Waals surface area contributed by atoms with Gasteiger partial charge in [-0.3, -0.25) is 44.2 Å². The second kappa shape index (κ2) is 49.0. The summed E-state index contributed by atoms with van der Waals surface area (Å²) in [7, 11) is 0. The molecule has 0 bridgehead atoms. The molecule has 454 valence electrons. The Labute approximate surface area is 462 Å². The van der Waals surface area contributed by atoms with Crippen molar-refractivity contribution in [2.75, 3.05) is 72.5 Å². The number of carboxylic acid groups (broad SMARTS) is 4. The Morgan fingerprint density at radius 2 is 0.696 bits per heavy atom. The van der Waals surface area contributed by atoms with E-state index in [2.05, 4.69) is 37.3 Å². The van der Waals surface area contributed by atoms with Crippen LogP contribution in [0.25, 0.3) is 0 Å². The van der Waals surface area contributed by atoms with Gasteiger partial charge in [-0.15, -0.1) is 0 Å². The summed E-state index contributed by atoms with van der Waals surface area (Å²) in [6, 6.07) is -4.74. The molecule has 0 aliphatic carbocycles. The molecule has 0 aliphatic rings. The molecule has 0 saturated carbocycles. The van der Waals surface area contributed by atoms with E-state index in [0.29, 0.717) is 32.2 Å². The van der Waals surface area contributed by atoms with Gasteiger partial charge in [-0.25, -0.2) is 19.8 Å². The van der Waals surface area contributed by atoms with Crippen molar-refractivity contribution in [3.63, 3.8) is 0 Å². The molecule has 28 heteroatoms. The van der Waals surface area contributed by atoms with E-state index in [4.69, 9.17) is 35.6 Å². The standard InChI is InChI=1S/C51H91N9O19/c52-48(69)37(60-53)17-15-16-26-54-41(61)23-21-40(51(74)75)59-46(66)36-79-34-32-77-30-28-56-45(65)35-78-33-31-76-29-27-55-42(62)24-20-38(49(70)71)58-44(64)25-22-39(50(72)73)57-43(63)18-13-11-9-7-5-3-1-2-4-6-8-10-12-14-19-47(67)68/h37-40,60H,1-36,53H2,(H2,52,69)(H,54,61)(H,55,62)(H,56,65)(H,57,63)(H,58,64)(H,59,66)(H,67,68)(H,70,71)(H,72,73)(H,74,75). The number of unbranched alkanes of at least 4 members (excludes halogenated alkanes) is 14. The number of hydrazine groups is 1. The molecule has 0 spiro atoms. The molecule has 0 rings (SSSR count). The fourth-order valence-electron chi connectivity index (χ4n) is 7.58. The third-order valence-electron chi connectivity index (χ3n) is 12.1. The molecule has 0 fully saturated rings. The van der Waals surface area contributed by atoms with Gasteiger partial charge >= 0.3 is 23.9 Å². The van der Waals surface area contributed by atoms with Crippen LogP contribution < -0.4 is 48.9 Å². The minimum atomic E-state index is -1.42. The molecule has 79 heavy (non-hydrogen) atoms. The van der Waals surface area contributed by atoms with Gasteiger partial charge in [0.2, 0.25) is 41.4 Å². The van der Waals surface area contributed by atoms with Gasteiger partial charge in [0.05, 0.1) is 45.7 Å². The number of amides is 7. The summed E-state index contributed by atoms with van der Waals surface area (Å²) in [5, 5.41) is 52.1. The maximum Gasteiger partial charge on any atom is 0.326 e. The molecule has 0 aliphatic heterocycles. The maximum atomic E-state index is 12.5. The van der Waals surface area contributed by atoms with Crippen molar-refractivity contribution in [1.82, 2.24) is 37.3 Å². The molecule has 4 atom stereocenters. The minimum absolute atomic E-state index is 0.000980. The average molecular weight is 1130 g/mol. The zero-order valence-electron chi connectivity index (χ0n) is 45.8. The van der Waals surface area contributed by atoms with Crippen LogP contribution >= 0.6 is 0 Å². The van der Waals surface area contributed by atoms with Crippen LogP contribution in [0.1, 0.15) is 161 Å². The van der Waals surface area contributed by atoms with E-state index >= 15 is 0 Å². The average Bonchev–Trinajstić information content (AvgIpc) is 3.39. The number of aliphatic carboxylic acids is 4. The molecule has 28 nitrogen and oxygen atoms in total. The first kappa shape index (κ1) is 72.9. The Balaban J connectivity index is 4.01. The minimum Gasteiger partial charge on any atom is -0.481 e. The molecule has 15 N–H and O–H groups in total. The predicted molar refractivity (Wildman–Crippen MR) is 284 cm³/mol. The fourth-order valence-corrected chi connectivity index (χ4v) is 7.58. The number of hydrogen-bond acceptors (Lipinski definition) is 17. The first-order valence-corrected chi connectivity index (χ1v) is 27.5. The highest BCUT2D eigenvalue weighted by Crippen LogP contribution is 2.14. The van der Waals surface area contributed by atoms with Crippen LogP contribution in [-0.4, -0.2) is 182 Å². The van der Waals surface area contributed by atoms with E-state index < -0.39 is 96.0 Å². The molecule has 0 aromatic heterocycles. The Morgan fingerprint density at radius 3 is 1.11 bits per heavy atom.